The molecule has 1 aromatic rings. The first-order valence-electron chi connectivity index (χ1n) is 6.80. The summed E-state index contributed by atoms with van der Waals surface area (Å²) in [7, 11) is -2.84. The Labute approximate surface area is 120 Å². The van der Waals surface area contributed by atoms with E-state index in [1.807, 2.05) is 12.1 Å². The van der Waals surface area contributed by atoms with E-state index >= 15 is 0 Å². The van der Waals surface area contributed by atoms with Crippen LogP contribution in [0.1, 0.15) is 6.42 Å². The zero-order valence-corrected chi connectivity index (χ0v) is 12.6. The van der Waals surface area contributed by atoms with Crippen LogP contribution in [0.5, 0.6) is 0 Å². The third kappa shape index (κ3) is 4.64. The van der Waals surface area contributed by atoms with Gasteiger partial charge in [-0.3, -0.25) is 4.90 Å². The van der Waals surface area contributed by atoms with Crippen LogP contribution in [0, 0.1) is 0 Å². The fourth-order valence-corrected chi connectivity index (χ4v) is 2.99. The minimum absolute atomic E-state index is 0.271. The van der Waals surface area contributed by atoms with E-state index < -0.39 is 9.84 Å². The number of aromatic nitrogens is 1. The third-order valence-corrected chi connectivity index (χ3v) is 4.49. The van der Waals surface area contributed by atoms with Gasteiger partial charge in [0.1, 0.15) is 15.7 Å². The van der Waals surface area contributed by atoms with Crippen LogP contribution in [0.3, 0.4) is 0 Å². The summed E-state index contributed by atoms with van der Waals surface area (Å²) in [5, 5.41) is 0. The molecule has 2 N–H and O–H groups in total. The Bertz CT molecular complexity index is 522. The van der Waals surface area contributed by atoms with Gasteiger partial charge in [0.15, 0.2) is 0 Å². The number of pyridine rings is 1. The highest BCUT2D eigenvalue weighted by Crippen LogP contribution is 2.14. The SMILES string of the molecule is CS(=O)(=O)CCCN1CCN(c2ccc(N)cn2)CC1. The Morgan fingerprint density at radius 3 is 2.50 bits per heavy atom. The van der Waals surface area contributed by atoms with Crippen LogP contribution in [0.4, 0.5) is 11.5 Å². The largest absolute Gasteiger partial charge is 0.397 e. The lowest BCUT2D eigenvalue weighted by atomic mass is 10.3. The Morgan fingerprint density at radius 2 is 1.95 bits per heavy atom. The van der Waals surface area contributed by atoms with E-state index in [1.165, 1.54) is 6.26 Å². The van der Waals surface area contributed by atoms with E-state index in [1.54, 1.807) is 6.20 Å². The van der Waals surface area contributed by atoms with Crippen molar-refractivity contribution in [2.24, 2.45) is 0 Å². The van der Waals surface area contributed by atoms with E-state index in [0.717, 1.165) is 38.5 Å². The molecule has 1 aliphatic heterocycles. The summed E-state index contributed by atoms with van der Waals surface area (Å²) >= 11 is 0. The summed E-state index contributed by atoms with van der Waals surface area (Å²) in [4.78, 5) is 8.86. The van der Waals surface area contributed by atoms with Crippen molar-refractivity contribution >= 4 is 21.3 Å². The second-order valence-corrected chi connectivity index (χ2v) is 7.52. The first-order valence-corrected chi connectivity index (χ1v) is 8.87. The molecule has 0 atom stereocenters. The van der Waals surface area contributed by atoms with Crippen molar-refractivity contribution in [3.63, 3.8) is 0 Å². The maximum absolute atomic E-state index is 11.1. The number of piperazine rings is 1. The molecule has 0 unspecified atom stereocenters. The van der Waals surface area contributed by atoms with Crippen molar-refractivity contribution < 1.29 is 8.42 Å². The highest BCUT2D eigenvalue weighted by Gasteiger charge is 2.17. The Morgan fingerprint density at radius 1 is 1.25 bits per heavy atom. The molecule has 1 aliphatic rings. The number of hydrogen-bond donors (Lipinski definition) is 1. The van der Waals surface area contributed by atoms with Gasteiger partial charge >= 0.3 is 0 Å². The Balaban J connectivity index is 1.76. The third-order valence-electron chi connectivity index (χ3n) is 3.46. The van der Waals surface area contributed by atoms with Crippen LogP contribution in [0.25, 0.3) is 0 Å². The molecule has 7 heteroatoms. The molecule has 2 rings (SSSR count). The number of anilines is 2. The number of sulfone groups is 1. The van der Waals surface area contributed by atoms with Gasteiger partial charge in [0.05, 0.1) is 17.6 Å². The summed E-state index contributed by atoms with van der Waals surface area (Å²) in [6, 6.07) is 3.80. The molecule has 20 heavy (non-hydrogen) atoms. The van der Waals surface area contributed by atoms with E-state index in [4.69, 9.17) is 5.73 Å². The van der Waals surface area contributed by atoms with Gasteiger partial charge < -0.3 is 10.6 Å². The van der Waals surface area contributed by atoms with Gasteiger partial charge in [-0.1, -0.05) is 0 Å². The van der Waals surface area contributed by atoms with E-state index in [9.17, 15) is 8.42 Å². The summed E-state index contributed by atoms with van der Waals surface area (Å²) in [5.41, 5.74) is 6.30. The molecule has 0 bridgehead atoms. The number of nitrogen functional groups attached to an aromatic ring is 1. The Hall–Kier alpha value is -1.34. The molecule has 0 radical (unpaired) electrons. The quantitative estimate of drug-likeness (QED) is 0.838. The molecule has 1 aromatic heterocycles. The highest BCUT2D eigenvalue weighted by atomic mass is 32.2. The van der Waals surface area contributed by atoms with Crippen molar-refractivity contribution in [2.75, 3.05) is 55.4 Å². The van der Waals surface area contributed by atoms with Crippen LogP contribution < -0.4 is 10.6 Å². The van der Waals surface area contributed by atoms with Crippen LogP contribution in [-0.2, 0) is 9.84 Å². The van der Waals surface area contributed by atoms with Crippen LogP contribution in [0.2, 0.25) is 0 Å². The first-order chi connectivity index (χ1) is 9.44. The molecule has 0 aliphatic carbocycles. The van der Waals surface area contributed by atoms with Gasteiger partial charge in [-0.25, -0.2) is 13.4 Å². The molecule has 0 aromatic carbocycles. The van der Waals surface area contributed by atoms with Crippen molar-refractivity contribution in [3.8, 4) is 0 Å². The topological polar surface area (TPSA) is 79.5 Å². The lowest BCUT2D eigenvalue weighted by molar-refractivity contribution is 0.258. The summed E-state index contributed by atoms with van der Waals surface area (Å²) in [5.74, 6) is 1.22. The first kappa shape index (κ1) is 15.1. The van der Waals surface area contributed by atoms with Crippen LogP contribution in [-0.4, -0.2) is 63.0 Å². The van der Waals surface area contributed by atoms with Gasteiger partial charge in [-0.05, 0) is 25.1 Å². The molecule has 0 amide bonds. The van der Waals surface area contributed by atoms with Crippen molar-refractivity contribution in [1.82, 2.24) is 9.88 Å². The number of rotatable bonds is 5. The van der Waals surface area contributed by atoms with Gasteiger partial charge in [-0.2, -0.15) is 0 Å². The number of nitrogens with zero attached hydrogens (tertiary/aromatic N) is 3. The summed E-state index contributed by atoms with van der Waals surface area (Å²) < 4.78 is 22.2. The Kier molecular flexibility index (Phi) is 4.82. The standard InChI is InChI=1S/C13H22N4O2S/c1-20(18,19)10-2-5-16-6-8-17(9-7-16)13-4-3-12(14)11-15-13/h3-4,11H,2,5-10,14H2,1H3. The van der Waals surface area contributed by atoms with Crippen molar-refractivity contribution in [2.45, 2.75) is 6.42 Å². The maximum atomic E-state index is 11.1. The minimum atomic E-state index is -2.84. The maximum Gasteiger partial charge on any atom is 0.147 e. The smallest absolute Gasteiger partial charge is 0.147 e. The molecule has 0 spiro atoms. The lowest BCUT2D eigenvalue weighted by Gasteiger charge is -2.35. The van der Waals surface area contributed by atoms with E-state index in [-0.39, 0.29) is 5.75 Å². The average Bonchev–Trinajstić information content (AvgIpc) is 2.39. The van der Waals surface area contributed by atoms with Crippen molar-refractivity contribution in [1.29, 1.82) is 0 Å². The minimum Gasteiger partial charge on any atom is -0.397 e. The lowest BCUT2D eigenvalue weighted by Crippen LogP contribution is -2.47. The number of hydrogen-bond acceptors (Lipinski definition) is 6. The van der Waals surface area contributed by atoms with Gasteiger partial charge in [0.25, 0.3) is 0 Å². The van der Waals surface area contributed by atoms with Crippen LogP contribution in [0.15, 0.2) is 18.3 Å². The second kappa shape index (κ2) is 6.41. The fraction of sp³-hybridized carbons (Fsp3) is 0.615. The normalized spacial score (nSPS) is 17.4. The molecule has 1 fully saturated rings. The zero-order chi connectivity index (χ0) is 14.6. The van der Waals surface area contributed by atoms with Crippen molar-refractivity contribution in [3.05, 3.63) is 18.3 Å². The van der Waals surface area contributed by atoms with E-state index in [2.05, 4.69) is 14.8 Å². The molecular weight excluding hydrogens is 276 g/mol. The predicted molar refractivity (Wildman–Crippen MR) is 81.6 cm³/mol. The predicted octanol–water partition coefficient (Wildman–Crippen LogP) is 0.221. The second-order valence-electron chi connectivity index (χ2n) is 5.26. The summed E-state index contributed by atoms with van der Waals surface area (Å²) in [6.45, 7) is 4.55. The zero-order valence-electron chi connectivity index (χ0n) is 11.8. The highest BCUT2D eigenvalue weighted by molar-refractivity contribution is 7.90. The molecule has 6 nitrogen and oxygen atoms in total. The summed E-state index contributed by atoms with van der Waals surface area (Å²) in [6.07, 6.45) is 3.67. The van der Waals surface area contributed by atoms with Gasteiger partial charge in [0, 0.05) is 32.4 Å². The molecule has 1 saturated heterocycles. The molecule has 2 heterocycles. The molecular formula is C13H22N4O2S. The van der Waals surface area contributed by atoms with Crippen LogP contribution >= 0.6 is 0 Å². The fourth-order valence-electron chi connectivity index (χ4n) is 2.34. The van der Waals surface area contributed by atoms with Gasteiger partial charge in [0.2, 0.25) is 0 Å². The monoisotopic (exact) mass is 298 g/mol. The molecule has 0 saturated carbocycles. The number of nitrogens with two attached hydrogens (primary N) is 1. The van der Waals surface area contributed by atoms with Gasteiger partial charge in [-0.15, -0.1) is 0 Å². The van der Waals surface area contributed by atoms with E-state index in [0.29, 0.717) is 12.1 Å². The average molecular weight is 298 g/mol. The molecule has 112 valence electrons.